The lowest BCUT2D eigenvalue weighted by atomic mass is 9.73. The second kappa shape index (κ2) is 5.03. The zero-order valence-electron chi connectivity index (χ0n) is 11.3. The van der Waals surface area contributed by atoms with E-state index in [1.54, 1.807) is 0 Å². The summed E-state index contributed by atoms with van der Waals surface area (Å²) in [4.78, 5) is 0. The molecule has 2 aromatic rings. The third-order valence-corrected chi connectivity index (χ3v) is 3.98. The van der Waals surface area contributed by atoms with E-state index in [1.165, 1.54) is 19.2 Å². The Morgan fingerprint density at radius 1 is 1.21 bits per heavy atom. The van der Waals surface area contributed by atoms with Crippen LogP contribution in [0.15, 0.2) is 35.1 Å². The lowest BCUT2D eigenvalue weighted by Gasteiger charge is -2.39. The number of hydrogen-bond acceptors (Lipinski definition) is 4. The van der Waals surface area contributed by atoms with Gasteiger partial charge in [-0.2, -0.15) is 0 Å². The molecule has 0 spiro atoms. The summed E-state index contributed by atoms with van der Waals surface area (Å²) < 4.78 is 5.17. The van der Waals surface area contributed by atoms with Gasteiger partial charge >= 0.3 is 0 Å². The fraction of sp³-hybridized carbons (Fsp3) is 0.467. The van der Waals surface area contributed by atoms with E-state index >= 15 is 0 Å². The molecule has 4 nitrogen and oxygen atoms in total. The van der Waals surface area contributed by atoms with Crippen LogP contribution in [-0.4, -0.2) is 16.2 Å². The van der Waals surface area contributed by atoms with E-state index in [1.807, 2.05) is 12.1 Å². The third-order valence-electron chi connectivity index (χ3n) is 3.98. The quantitative estimate of drug-likeness (QED) is 0.909. The highest BCUT2D eigenvalue weighted by Gasteiger charge is 2.30. The summed E-state index contributed by atoms with van der Waals surface area (Å²) in [6, 6.07) is 8.79. The van der Waals surface area contributed by atoms with Gasteiger partial charge in [0.1, 0.15) is 0 Å². The number of nitrogens with zero attached hydrogens (tertiary/aromatic N) is 2. The largest absolute Gasteiger partial charge is 0.423 e. The van der Waals surface area contributed by atoms with Crippen molar-refractivity contribution < 1.29 is 4.42 Å². The van der Waals surface area contributed by atoms with Crippen molar-refractivity contribution in [3.63, 3.8) is 0 Å². The van der Waals surface area contributed by atoms with Crippen molar-refractivity contribution in [3.05, 3.63) is 30.7 Å². The van der Waals surface area contributed by atoms with E-state index in [0.29, 0.717) is 11.9 Å². The van der Waals surface area contributed by atoms with Crippen LogP contribution >= 0.6 is 0 Å². The van der Waals surface area contributed by atoms with Crippen LogP contribution in [0.25, 0.3) is 11.5 Å². The molecule has 0 bridgehead atoms. The molecule has 1 N–H and O–H groups in total. The van der Waals surface area contributed by atoms with Gasteiger partial charge in [-0.1, -0.05) is 13.8 Å². The van der Waals surface area contributed by atoms with Crippen molar-refractivity contribution in [2.75, 3.05) is 5.32 Å². The molecule has 1 fully saturated rings. The Kier molecular flexibility index (Phi) is 3.23. The zero-order chi connectivity index (χ0) is 13.2. The SMILES string of the molecule is CC(C)C1CC(Nc2ccc(-c3nnco3)cc2)C1. The molecule has 0 amide bonds. The highest BCUT2D eigenvalue weighted by atomic mass is 16.4. The molecule has 0 radical (unpaired) electrons. The fourth-order valence-electron chi connectivity index (χ4n) is 2.57. The van der Waals surface area contributed by atoms with Gasteiger partial charge in [0.15, 0.2) is 0 Å². The first-order chi connectivity index (χ1) is 9.22. The monoisotopic (exact) mass is 257 g/mol. The second-order valence-corrected chi connectivity index (χ2v) is 5.64. The van der Waals surface area contributed by atoms with E-state index in [2.05, 4.69) is 41.5 Å². The zero-order valence-corrected chi connectivity index (χ0v) is 11.3. The summed E-state index contributed by atoms with van der Waals surface area (Å²) >= 11 is 0. The summed E-state index contributed by atoms with van der Waals surface area (Å²) in [6.45, 7) is 4.61. The molecule has 1 aromatic heterocycles. The van der Waals surface area contributed by atoms with Crippen LogP contribution < -0.4 is 5.32 Å². The van der Waals surface area contributed by atoms with Gasteiger partial charge < -0.3 is 9.73 Å². The molecular formula is C15H19N3O. The number of benzene rings is 1. The van der Waals surface area contributed by atoms with Crippen molar-refractivity contribution in [2.45, 2.75) is 32.7 Å². The van der Waals surface area contributed by atoms with Gasteiger partial charge in [0.05, 0.1) is 0 Å². The molecule has 1 aliphatic carbocycles. The van der Waals surface area contributed by atoms with E-state index in [9.17, 15) is 0 Å². The maximum absolute atomic E-state index is 5.17. The maximum atomic E-state index is 5.17. The molecule has 1 heterocycles. The minimum Gasteiger partial charge on any atom is -0.423 e. The highest BCUT2D eigenvalue weighted by Crippen LogP contribution is 2.35. The topological polar surface area (TPSA) is 51.0 Å². The van der Waals surface area contributed by atoms with E-state index < -0.39 is 0 Å². The first-order valence-corrected chi connectivity index (χ1v) is 6.85. The Labute approximate surface area is 113 Å². The average molecular weight is 257 g/mol. The van der Waals surface area contributed by atoms with Crippen LogP contribution in [0.5, 0.6) is 0 Å². The van der Waals surface area contributed by atoms with Crippen LogP contribution in [0.2, 0.25) is 0 Å². The van der Waals surface area contributed by atoms with Crippen molar-refractivity contribution in [3.8, 4) is 11.5 Å². The molecule has 4 heteroatoms. The van der Waals surface area contributed by atoms with Gasteiger partial charge in [-0.25, -0.2) is 0 Å². The summed E-state index contributed by atoms with van der Waals surface area (Å²) in [7, 11) is 0. The van der Waals surface area contributed by atoms with Gasteiger partial charge in [-0.15, -0.1) is 10.2 Å². The molecule has 1 aromatic carbocycles. The molecule has 0 atom stereocenters. The van der Waals surface area contributed by atoms with E-state index in [-0.39, 0.29) is 0 Å². The van der Waals surface area contributed by atoms with Crippen LogP contribution in [0, 0.1) is 11.8 Å². The van der Waals surface area contributed by atoms with Crippen LogP contribution in [0.1, 0.15) is 26.7 Å². The molecular weight excluding hydrogens is 238 g/mol. The highest BCUT2D eigenvalue weighted by molar-refractivity contribution is 5.58. The van der Waals surface area contributed by atoms with Crippen LogP contribution in [0.4, 0.5) is 5.69 Å². The minimum absolute atomic E-state index is 0.565. The van der Waals surface area contributed by atoms with Crippen LogP contribution in [-0.2, 0) is 0 Å². The Morgan fingerprint density at radius 3 is 2.53 bits per heavy atom. The van der Waals surface area contributed by atoms with E-state index in [4.69, 9.17) is 4.42 Å². The van der Waals surface area contributed by atoms with Gasteiger partial charge in [0.2, 0.25) is 12.3 Å². The molecule has 19 heavy (non-hydrogen) atoms. The van der Waals surface area contributed by atoms with E-state index in [0.717, 1.165) is 23.1 Å². The Balaban J connectivity index is 1.59. The van der Waals surface area contributed by atoms with Gasteiger partial charge in [-0.3, -0.25) is 0 Å². The molecule has 0 unspecified atom stereocenters. The predicted molar refractivity (Wildman–Crippen MR) is 74.7 cm³/mol. The summed E-state index contributed by atoms with van der Waals surface area (Å²) in [6.07, 6.45) is 3.91. The number of hydrogen-bond donors (Lipinski definition) is 1. The summed E-state index contributed by atoms with van der Waals surface area (Å²) in [5, 5.41) is 11.2. The Morgan fingerprint density at radius 2 is 1.95 bits per heavy atom. The van der Waals surface area contributed by atoms with Crippen LogP contribution in [0.3, 0.4) is 0 Å². The van der Waals surface area contributed by atoms with Crippen molar-refractivity contribution in [1.82, 2.24) is 10.2 Å². The average Bonchev–Trinajstić information content (AvgIpc) is 2.87. The first-order valence-electron chi connectivity index (χ1n) is 6.85. The van der Waals surface area contributed by atoms with Crippen molar-refractivity contribution >= 4 is 5.69 Å². The molecule has 0 saturated heterocycles. The number of nitrogens with one attached hydrogen (secondary N) is 1. The molecule has 1 saturated carbocycles. The number of anilines is 1. The second-order valence-electron chi connectivity index (χ2n) is 5.64. The van der Waals surface area contributed by atoms with Gasteiger partial charge in [-0.05, 0) is 48.9 Å². The lowest BCUT2D eigenvalue weighted by Crippen LogP contribution is -2.37. The minimum atomic E-state index is 0.565. The number of aromatic nitrogens is 2. The summed E-state index contributed by atoms with van der Waals surface area (Å²) in [5.41, 5.74) is 2.12. The van der Waals surface area contributed by atoms with Gasteiger partial charge in [0, 0.05) is 17.3 Å². The predicted octanol–water partition coefficient (Wildman–Crippen LogP) is 3.58. The lowest BCUT2D eigenvalue weighted by molar-refractivity contribution is 0.212. The first kappa shape index (κ1) is 12.2. The third kappa shape index (κ3) is 2.62. The Bertz CT molecular complexity index is 513. The molecule has 0 aliphatic heterocycles. The normalized spacial score (nSPS) is 22.3. The standard InChI is InChI=1S/C15H19N3O/c1-10(2)12-7-14(8-12)17-13-5-3-11(4-6-13)15-18-16-9-19-15/h3-6,9-10,12,14,17H,7-8H2,1-2H3. The summed E-state index contributed by atoms with van der Waals surface area (Å²) in [5.74, 6) is 2.25. The molecule has 1 aliphatic rings. The maximum Gasteiger partial charge on any atom is 0.247 e. The molecule has 100 valence electrons. The number of rotatable bonds is 4. The fourth-order valence-corrected chi connectivity index (χ4v) is 2.57. The van der Waals surface area contributed by atoms with Gasteiger partial charge in [0.25, 0.3) is 0 Å². The smallest absolute Gasteiger partial charge is 0.247 e. The Hall–Kier alpha value is -1.84. The molecule has 3 rings (SSSR count). The van der Waals surface area contributed by atoms with Crippen molar-refractivity contribution in [1.29, 1.82) is 0 Å². The van der Waals surface area contributed by atoms with Crippen molar-refractivity contribution in [2.24, 2.45) is 11.8 Å².